The first-order valence-corrected chi connectivity index (χ1v) is 8.08. The minimum Gasteiger partial charge on any atom is -0.465 e. The predicted octanol–water partition coefficient (Wildman–Crippen LogP) is 1.86. The number of hydrogen-bond acceptors (Lipinski definition) is 4. The van der Waals surface area contributed by atoms with Crippen molar-refractivity contribution in [1.29, 1.82) is 0 Å². The molecule has 1 unspecified atom stereocenters. The van der Waals surface area contributed by atoms with Crippen molar-refractivity contribution < 1.29 is 19.4 Å². The third-order valence-electron chi connectivity index (χ3n) is 5.35. The maximum absolute atomic E-state index is 13.2. The van der Waals surface area contributed by atoms with Crippen LogP contribution in [-0.2, 0) is 26.2 Å². The van der Waals surface area contributed by atoms with E-state index < -0.39 is 23.4 Å². The number of aliphatic hydroxyl groups excluding tert-OH is 1. The number of Topliss-reactive ketones (excluding diaryl/α,β-unsaturated/α-hetero) is 1. The number of aliphatic hydroxyl groups is 1. The van der Waals surface area contributed by atoms with Gasteiger partial charge in [0.25, 0.3) is 0 Å². The molecule has 120 valence electrons. The number of carbonyl (C=O) groups is 2. The fourth-order valence-electron chi connectivity index (χ4n) is 4.25. The van der Waals surface area contributed by atoms with E-state index >= 15 is 0 Å². The fraction of sp³-hybridized carbons (Fsp3) is 0.444. The molecular formula is C18H19NO4. The Morgan fingerprint density at radius 3 is 3.09 bits per heavy atom. The molecule has 0 radical (unpaired) electrons. The Morgan fingerprint density at radius 1 is 1.48 bits per heavy atom. The van der Waals surface area contributed by atoms with Crippen LogP contribution in [0.5, 0.6) is 0 Å². The van der Waals surface area contributed by atoms with E-state index in [1.165, 1.54) is 0 Å². The summed E-state index contributed by atoms with van der Waals surface area (Å²) in [6.45, 7) is 1.98. The molecule has 1 saturated carbocycles. The number of ketones is 1. The maximum Gasteiger partial charge on any atom is 0.324 e. The first-order chi connectivity index (χ1) is 11.1. The average Bonchev–Trinajstić information content (AvgIpc) is 2.92. The molecule has 0 spiro atoms. The SMILES string of the molecule is CCOC(=O)[C@]12CCC(O)[C@H](Cc3c[nH]c4cccc1c34)C2=O. The van der Waals surface area contributed by atoms with Crippen molar-refractivity contribution in [2.45, 2.75) is 37.7 Å². The van der Waals surface area contributed by atoms with Crippen LogP contribution in [0.2, 0.25) is 0 Å². The van der Waals surface area contributed by atoms with Crippen molar-refractivity contribution in [3.8, 4) is 0 Å². The summed E-state index contributed by atoms with van der Waals surface area (Å²) in [6, 6.07) is 5.66. The highest BCUT2D eigenvalue weighted by Crippen LogP contribution is 2.47. The lowest BCUT2D eigenvalue weighted by molar-refractivity contribution is -0.159. The van der Waals surface area contributed by atoms with E-state index in [-0.39, 0.29) is 12.4 Å². The molecule has 1 heterocycles. The molecule has 0 aliphatic heterocycles. The smallest absolute Gasteiger partial charge is 0.324 e. The Kier molecular flexibility index (Phi) is 3.10. The lowest BCUT2D eigenvalue weighted by Gasteiger charge is -2.38. The number of benzene rings is 1. The van der Waals surface area contributed by atoms with Gasteiger partial charge >= 0.3 is 5.97 Å². The molecule has 5 nitrogen and oxygen atoms in total. The van der Waals surface area contributed by atoms with Gasteiger partial charge in [0.1, 0.15) is 0 Å². The number of carbonyl (C=O) groups excluding carboxylic acids is 2. The fourth-order valence-corrected chi connectivity index (χ4v) is 4.25. The highest BCUT2D eigenvalue weighted by atomic mass is 16.5. The van der Waals surface area contributed by atoms with Crippen molar-refractivity contribution in [3.05, 3.63) is 35.5 Å². The summed E-state index contributed by atoms with van der Waals surface area (Å²) in [4.78, 5) is 29.3. The van der Waals surface area contributed by atoms with Crippen LogP contribution >= 0.6 is 0 Å². The van der Waals surface area contributed by atoms with Crippen molar-refractivity contribution in [2.24, 2.45) is 5.92 Å². The van der Waals surface area contributed by atoms with Crippen molar-refractivity contribution in [1.82, 2.24) is 4.98 Å². The summed E-state index contributed by atoms with van der Waals surface area (Å²) in [5, 5.41) is 11.3. The minimum atomic E-state index is -1.28. The van der Waals surface area contributed by atoms with Gasteiger partial charge in [0, 0.05) is 23.0 Å². The van der Waals surface area contributed by atoms with Crippen molar-refractivity contribution in [3.63, 3.8) is 0 Å². The quantitative estimate of drug-likeness (QED) is 0.655. The molecule has 2 aromatic rings. The van der Waals surface area contributed by atoms with E-state index in [1.807, 2.05) is 24.4 Å². The molecule has 4 rings (SSSR count). The molecule has 2 N–H and O–H groups in total. The Bertz CT molecular complexity index is 808. The molecule has 3 atom stereocenters. The minimum absolute atomic E-state index is 0.196. The highest BCUT2D eigenvalue weighted by molar-refractivity contribution is 6.15. The second-order valence-electron chi connectivity index (χ2n) is 6.45. The predicted molar refractivity (Wildman–Crippen MR) is 84.1 cm³/mol. The molecule has 2 bridgehead atoms. The Labute approximate surface area is 133 Å². The largest absolute Gasteiger partial charge is 0.465 e. The average molecular weight is 313 g/mol. The molecule has 23 heavy (non-hydrogen) atoms. The van der Waals surface area contributed by atoms with E-state index in [4.69, 9.17) is 4.74 Å². The summed E-state index contributed by atoms with van der Waals surface area (Å²) in [6.07, 6.45) is 2.36. The van der Waals surface area contributed by atoms with E-state index in [9.17, 15) is 14.7 Å². The molecular weight excluding hydrogens is 294 g/mol. The molecule has 5 heteroatoms. The van der Waals surface area contributed by atoms with Crippen molar-refractivity contribution >= 4 is 22.7 Å². The normalized spacial score (nSPS) is 29.4. The van der Waals surface area contributed by atoms with E-state index in [0.29, 0.717) is 19.3 Å². The molecule has 0 saturated heterocycles. The van der Waals surface area contributed by atoms with Crippen LogP contribution in [0.1, 0.15) is 30.9 Å². The van der Waals surface area contributed by atoms with Gasteiger partial charge in [0.2, 0.25) is 0 Å². The third-order valence-corrected chi connectivity index (χ3v) is 5.35. The number of ether oxygens (including phenoxy) is 1. The summed E-state index contributed by atoms with van der Waals surface area (Å²) in [5.41, 5.74) is 1.34. The Morgan fingerprint density at radius 2 is 2.30 bits per heavy atom. The molecule has 1 fully saturated rings. The van der Waals surface area contributed by atoms with E-state index in [0.717, 1.165) is 22.0 Å². The first-order valence-electron chi connectivity index (χ1n) is 8.08. The summed E-state index contributed by atoms with van der Waals surface area (Å²) in [7, 11) is 0. The molecule has 1 aromatic heterocycles. The highest BCUT2D eigenvalue weighted by Gasteiger charge is 2.57. The Hall–Kier alpha value is -2.14. The van der Waals surface area contributed by atoms with Crippen LogP contribution < -0.4 is 0 Å². The molecule has 2 aliphatic rings. The van der Waals surface area contributed by atoms with Gasteiger partial charge in [-0.2, -0.15) is 0 Å². The van der Waals surface area contributed by atoms with Crippen LogP contribution in [0.15, 0.2) is 24.4 Å². The maximum atomic E-state index is 13.2. The van der Waals surface area contributed by atoms with Crippen LogP contribution in [0.25, 0.3) is 10.9 Å². The van der Waals surface area contributed by atoms with Gasteiger partial charge in [0.05, 0.1) is 12.7 Å². The number of hydrogen-bond donors (Lipinski definition) is 2. The topological polar surface area (TPSA) is 79.4 Å². The number of rotatable bonds is 2. The van der Waals surface area contributed by atoms with Crippen LogP contribution in [-0.4, -0.2) is 34.6 Å². The number of esters is 1. The van der Waals surface area contributed by atoms with Crippen LogP contribution in [0, 0.1) is 5.92 Å². The van der Waals surface area contributed by atoms with Gasteiger partial charge in [-0.25, -0.2) is 0 Å². The third kappa shape index (κ3) is 1.77. The number of aromatic amines is 1. The monoisotopic (exact) mass is 313 g/mol. The van der Waals surface area contributed by atoms with Gasteiger partial charge < -0.3 is 14.8 Å². The van der Waals surface area contributed by atoms with Crippen LogP contribution in [0.3, 0.4) is 0 Å². The zero-order valence-corrected chi connectivity index (χ0v) is 13.0. The Balaban J connectivity index is 2.04. The van der Waals surface area contributed by atoms with Crippen molar-refractivity contribution in [2.75, 3.05) is 6.61 Å². The lowest BCUT2D eigenvalue weighted by atomic mass is 9.64. The second-order valence-corrected chi connectivity index (χ2v) is 6.45. The number of fused-ring (bicyclic) bond motifs is 3. The number of H-pyrrole nitrogens is 1. The zero-order valence-electron chi connectivity index (χ0n) is 13.0. The molecule has 1 aromatic carbocycles. The van der Waals surface area contributed by atoms with Gasteiger partial charge in [-0.05, 0) is 43.4 Å². The van der Waals surface area contributed by atoms with Gasteiger partial charge in [-0.15, -0.1) is 0 Å². The van der Waals surface area contributed by atoms with Gasteiger partial charge in [-0.1, -0.05) is 12.1 Å². The standard InChI is InChI=1S/C18H19NO4/c1-2-23-17(22)18-7-6-14(20)11(16(18)21)8-10-9-19-13-5-3-4-12(18)15(10)13/h3-5,9,11,14,19-20H,2,6-8H2,1H3/t11-,14?,18+/m0/s1. The van der Waals surface area contributed by atoms with Crippen LogP contribution in [0.4, 0.5) is 0 Å². The number of nitrogens with one attached hydrogen (secondary N) is 1. The van der Waals surface area contributed by atoms with E-state index in [2.05, 4.69) is 4.98 Å². The van der Waals surface area contributed by atoms with Gasteiger partial charge in [0.15, 0.2) is 11.2 Å². The summed E-state index contributed by atoms with van der Waals surface area (Å²) >= 11 is 0. The molecule has 2 aliphatic carbocycles. The summed E-state index contributed by atoms with van der Waals surface area (Å²) in [5.74, 6) is -1.23. The first kappa shape index (κ1) is 14.5. The summed E-state index contributed by atoms with van der Waals surface area (Å²) < 4.78 is 5.29. The van der Waals surface area contributed by atoms with Gasteiger partial charge in [-0.3, -0.25) is 9.59 Å². The number of aromatic nitrogens is 1. The zero-order chi connectivity index (χ0) is 16.2. The lowest BCUT2D eigenvalue weighted by Crippen LogP contribution is -2.54. The second kappa shape index (κ2) is 4.93. The van der Waals surface area contributed by atoms with E-state index in [1.54, 1.807) is 6.92 Å². The molecule has 0 amide bonds.